The lowest BCUT2D eigenvalue weighted by Crippen LogP contribution is -2.62. The zero-order valence-electron chi connectivity index (χ0n) is 17.0. The standard InChI is InChI=1S/C19H21BrN2O9/c1-9(23)29-16-8-28-19(18(31-11(3)25)17(16)30-10(2)24)21-5-4-12-6-13(20)15(22(26)27)7-14(12)21/h6-7,16-19H,4-5,8H2,1-3H3/t16-,17-,18+,19+/m1/s1. The number of esters is 3. The first-order chi connectivity index (χ1) is 14.6. The number of hydrogen-bond donors (Lipinski definition) is 0. The smallest absolute Gasteiger partial charge is 0.303 e. The molecule has 0 aliphatic carbocycles. The molecule has 31 heavy (non-hydrogen) atoms. The molecule has 2 aliphatic heterocycles. The number of nitro benzene ring substituents is 1. The molecule has 1 aromatic rings. The SMILES string of the molecule is CC(=O)O[C@H]1[C@H](OC(C)=O)[C@@H](N2CCc3cc(Br)c([N+](=O)[O-])cc32)OC[C@H]1OC(C)=O. The largest absolute Gasteiger partial charge is 0.456 e. The minimum Gasteiger partial charge on any atom is -0.456 e. The third-order valence-corrected chi connectivity index (χ3v) is 5.54. The molecule has 12 heteroatoms. The molecule has 0 bridgehead atoms. The van der Waals surface area contributed by atoms with Crippen molar-refractivity contribution >= 4 is 45.2 Å². The summed E-state index contributed by atoms with van der Waals surface area (Å²) in [6.07, 6.45) is -3.57. The average Bonchev–Trinajstić information content (AvgIpc) is 3.05. The molecule has 0 aromatic heterocycles. The molecule has 11 nitrogen and oxygen atoms in total. The molecule has 2 aliphatic rings. The third-order valence-electron chi connectivity index (χ3n) is 4.91. The number of anilines is 1. The lowest BCUT2D eigenvalue weighted by atomic mass is 10.0. The zero-order valence-corrected chi connectivity index (χ0v) is 18.6. The van der Waals surface area contributed by atoms with Crippen LogP contribution in [0.15, 0.2) is 16.6 Å². The van der Waals surface area contributed by atoms with Gasteiger partial charge in [0.25, 0.3) is 5.69 Å². The highest BCUT2D eigenvalue weighted by Crippen LogP contribution is 2.40. The molecule has 0 N–H and O–H groups in total. The van der Waals surface area contributed by atoms with E-state index in [1.54, 1.807) is 11.0 Å². The van der Waals surface area contributed by atoms with Gasteiger partial charge in [-0.15, -0.1) is 0 Å². The normalized spacial score (nSPS) is 24.8. The van der Waals surface area contributed by atoms with Crippen molar-refractivity contribution in [2.45, 2.75) is 51.7 Å². The fourth-order valence-electron chi connectivity index (χ4n) is 3.82. The summed E-state index contributed by atoms with van der Waals surface area (Å²) < 4.78 is 22.3. The predicted molar refractivity (Wildman–Crippen MR) is 108 cm³/mol. The Kier molecular flexibility index (Phi) is 6.80. The van der Waals surface area contributed by atoms with Crippen molar-refractivity contribution in [1.82, 2.24) is 0 Å². The summed E-state index contributed by atoms with van der Waals surface area (Å²) >= 11 is 3.21. The summed E-state index contributed by atoms with van der Waals surface area (Å²) in [6, 6.07) is 3.09. The molecule has 2 heterocycles. The van der Waals surface area contributed by atoms with E-state index in [2.05, 4.69) is 15.9 Å². The molecule has 1 aromatic carbocycles. The van der Waals surface area contributed by atoms with Crippen molar-refractivity contribution < 1.29 is 38.3 Å². The van der Waals surface area contributed by atoms with Crippen LogP contribution in [0.4, 0.5) is 11.4 Å². The molecule has 3 rings (SSSR count). The fourth-order valence-corrected chi connectivity index (χ4v) is 4.35. The maximum atomic E-state index is 11.8. The minimum atomic E-state index is -1.13. The second-order valence-electron chi connectivity index (χ2n) is 7.15. The molecular weight excluding hydrogens is 480 g/mol. The number of benzene rings is 1. The second-order valence-corrected chi connectivity index (χ2v) is 8.01. The lowest BCUT2D eigenvalue weighted by Gasteiger charge is -2.44. The van der Waals surface area contributed by atoms with E-state index in [0.717, 1.165) is 5.56 Å². The number of ether oxygens (including phenoxy) is 4. The van der Waals surface area contributed by atoms with Gasteiger partial charge in [-0.05, 0) is 34.0 Å². The summed E-state index contributed by atoms with van der Waals surface area (Å²) in [4.78, 5) is 47.6. The summed E-state index contributed by atoms with van der Waals surface area (Å²) in [5, 5.41) is 11.4. The molecule has 168 valence electrons. The van der Waals surface area contributed by atoms with Crippen molar-refractivity contribution in [3.63, 3.8) is 0 Å². The average molecular weight is 501 g/mol. The Labute approximate surface area is 185 Å². The first-order valence-electron chi connectivity index (χ1n) is 9.45. The van der Waals surface area contributed by atoms with E-state index in [4.69, 9.17) is 18.9 Å². The van der Waals surface area contributed by atoms with E-state index in [-0.39, 0.29) is 12.3 Å². The van der Waals surface area contributed by atoms with Gasteiger partial charge in [0.05, 0.1) is 16.0 Å². The molecule has 0 spiro atoms. The Morgan fingerprint density at radius 2 is 1.71 bits per heavy atom. The van der Waals surface area contributed by atoms with Gasteiger partial charge in [-0.1, -0.05) is 0 Å². The Hall–Kier alpha value is -2.73. The van der Waals surface area contributed by atoms with Gasteiger partial charge in [0.1, 0.15) is 0 Å². The zero-order chi connectivity index (χ0) is 22.9. The van der Waals surface area contributed by atoms with E-state index >= 15 is 0 Å². The number of carbonyl (C=O) groups is 3. The van der Waals surface area contributed by atoms with Crippen LogP contribution in [0.3, 0.4) is 0 Å². The summed E-state index contributed by atoms with van der Waals surface area (Å²) in [7, 11) is 0. The van der Waals surface area contributed by atoms with Gasteiger partial charge in [0, 0.05) is 39.1 Å². The highest BCUT2D eigenvalue weighted by molar-refractivity contribution is 9.10. The first-order valence-corrected chi connectivity index (χ1v) is 10.2. The fraction of sp³-hybridized carbons (Fsp3) is 0.526. The molecular formula is C19H21BrN2O9. The number of halogens is 1. The van der Waals surface area contributed by atoms with Gasteiger partial charge in [-0.3, -0.25) is 24.5 Å². The summed E-state index contributed by atoms with van der Waals surface area (Å²) in [5.74, 6) is -1.92. The third kappa shape index (κ3) is 4.96. The van der Waals surface area contributed by atoms with Crippen LogP contribution >= 0.6 is 15.9 Å². The molecule has 4 atom stereocenters. The van der Waals surface area contributed by atoms with Crippen LogP contribution in [0, 0.1) is 10.1 Å². The Bertz CT molecular complexity index is 922. The number of hydrogen-bond acceptors (Lipinski definition) is 10. The predicted octanol–water partition coefficient (Wildman–Crippen LogP) is 1.87. The second kappa shape index (κ2) is 9.18. The highest BCUT2D eigenvalue weighted by Gasteiger charge is 2.50. The van der Waals surface area contributed by atoms with Gasteiger partial charge < -0.3 is 23.8 Å². The van der Waals surface area contributed by atoms with Crippen molar-refractivity contribution in [1.29, 1.82) is 0 Å². The molecule has 1 fully saturated rings. The monoisotopic (exact) mass is 500 g/mol. The number of rotatable bonds is 5. The van der Waals surface area contributed by atoms with Crippen molar-refractivity contribution in [2.75, 3.05) is 18.1 Å². The van der Waals surface area contributed by atoms with Gasteiger partial charge in [-0.25, -0.2) is 0 Å². The van der Waals surface area contributed by atoms with Gasteiger partial charge in [0.15, 0.2) is 24.5 Å². The van der Waals surface area contributed by atoms with Gasteiger partial charge in [-0.2, -0.15) is 0 Å². The van der Waals surface area contributed by atoms with Crippen LogP contribution in [0.1, 0.15) is 26.3 Å². The summed E-state index contributed by atoms with van der Waals surface area (Å²) in [5.41, 5.74) is 1.26. The van der Waals surface area contributed by atoms with Crippen LogP contribution in [-0.2, 0) is 39.8 Å². The van der Waals surface area contributed by atoms with Crippen molar-refractivity contribution in [3.8, 4) is 0 Å². The number of carbonyl (C=O) groups excluding carboxylic acids is 3. The number of fused-ring (bicyclic) bond motifs is 1. The topological polar surface area (TPSA) is 135 Å². The van der Waals surface area contributed by atoms with E-state index in [0.29, 0.717) is 23.1 Å². The van der Waals surface area contributed by atoms with Crippen LogP contribution in [-0.4, -0.2) is 60.5 Å². The number of nitro groups is 1. The van der Waals surface area contributed by atoms with Crippen LogP contribution in [0.2, 0.25) is 0 Å². The van der Waals surface area contributed by atoms with E-state index in [9.17, 15) is 24.5 Å². The number of nitrogens with zero attached hydrogens (tertiary/aromatic N) is 2. The molecule has 0 unspecified atom stereocenters. The quantitative estimate of drug-likeness (QED) is 0.255. The molecule has 1 saturated heterocycles. The van der Waals surface area contributed by atoms with E-state index in [1.807, 2.05) is 0 Å². The Morgan fingerprint density at radius 3 is 2.29 bits per heavy atom. The van der Waals surface area contributed by atoms with Crippen LogP contribution in [0.25, 0.3) is 0 Å². The molecule has 0 radical (unpaired) electrons. The highest BCUT2D eigenvalue weighted by atomic mass is 79.9. The van der Waals surface area contributed by atoms with E-state index < -0.39 is 47.4 Å². The molecule has 0 saturated carbocycles. The summed E-state index contributed by atoms with van der Waals surface area (Å²) in [6.45, 7) is 3.88. The van der Waals surface area contributed by atoms with Crippen molar-refractivity contribution in [3.05, 3.63) is 32.3 Å². The Balaban J connectivity index is 1.99. The maximum Gasteiger partial charge on any atom is 0.303 e. The van der Waals surface area contributed by atoms with Crippen LogP contribution < -0.4 is 4.90 Å². The minimum absolute atomic E-state index is 0.121. The lowest BCUT2D eigenvalue weighted by molar-refractivity contribution is -0.385. The van der Waals surface area contributed by atoms with Crippen molar-refractivity contribution in [2.24, 2.45) is 0 Å². The molecule has 0 amide bonds. The maximum absolute atomic E-state index is 11.8. The van der Waals surface area contributed by atoms with Gasteiger partial charge >= 0.3 is 17.9 Å². The van der Waals surface area contributed by atoms with E-state index in [1.165, 1.54) is 26.8 Å². The van der Waals surface area contributed by atoms with Crippen LogP contribution in [0.5, 0.6) is 0 Å². The Morgan fingerprint density at radius 1 is 1.10 bits per heavy atom. The van der Waals surface area contributed by atoms with Gasteiger partial charge in [0.2, 0.25) is 0 Å². The first kappa shape index (κ1) is 22.9.